The Morgan fingerprint density at radius 3 is 2.41 bits per heavy atom. The molecular formula is C22H31N5. The third-order valence-electron chi connectivity index (χ3n) is 5.86. The first kappa shape index (κ1) is 18.1. The summed E-state index contributed by atoms with van der Waals surface area (Å²) in [6, 6.07) is 9.40. The summed E-state index contributed by atoms with van der Waals surface area (Å²) in [5.41, 5.74) is 5.22. The van der Waals surface area contributed by atoms with Gasteiger partial charge in [-0.15, -0.1) is 0 Å². The highest BCUT2D eigenvalue weighted by molar-refractivity contribution is 5.56. The molecule has 1 saturated heterocycles. The molecule has 5 nitrogen and oxygen atoms in total. The van der Waals surface area contributed by atoms with Gasteiger partial charge in [0.05, 0.1) is 0 Å². The van der Waals surface area contributed by atoms with Crippen LogP contribution >= 0.6 is 0 Å². The number of hydrogen-bond acceptors (Lipinski definition) is 5. The van der Waals surface area contributed by atoms with Crippen molar-refractivity contribution in [3.05, 3.63) is 41.3 Å². The fourth-order valence-electron chi connectivity index (χ4n) is 4.27. The van der Waals surface area contributed by atoms with Crippen LogP contribution in [0.2, 0.25) is 0 Å². The van der Waals surface area contributed by atoms with Crippen LogP contribution in [0.25, 0.3) is 0 Å². The SMILES string of the molecule is Cc1nc2c(c(NC3CCN(c4ccc(N(C)C)cc4)CC3)n1)CCCC2. The van der Waals surface area contributed by atoms with E-state index >= 15 is 0 Å². The Hall–Kier alpha value is -2.30. The third kappa shape index (κ3) is 4.02. The van der Waals surface area contributed by atoms with Gasteiger partial charge in [0.2, 0.25) is 0 Å². The van der Waals surface area contributed by atoms with Crippen LogP contribution in [0.15, 0.2) is 24.3 Å². The molecule has 0 saturated carbocycles. The van der Waals surface area contributed by atoms with E-state index in [0.29, 0.717) is 6.04 Å². The molecule has 27 heavy (non-hydrogen) atoms. The van der Waals surface area contributed by atoms with E-state index in [9.17, 15) is 0 Å². The number of rotatable bonds is 4. The van der Waals surface area contributed by atoms with Crippen molar-refractivity contribution in [2.75, 3.05) is 42.3 Å². The molecule has 0 atom stereocenters. The van der Waals surface area contributed by atoms with Crippen LogP contribution in [0.3, 0.4) is 0 Å². The zero-order valence-corrected chi connectivity index (χ0v) is 16.8. The second-order valence-electron chi connectivity index (χ2n) is 8.07. The van der Waals surface area contributed by atoms with E-state index in [1.165, 1.54) is 35.5 Å². The van der Waals surface area contributed by atoms with E-state index in [-0.39, 0.29) is 0 Å². The highest BCUT2D eigenvalue weighted by atomic mass is 15.2. The lowest BCUT2D eigenvalue weighted by Gasteiger charge is -2.35. The van der Waals surface area contributed by atoms with Crippen molar-refractivity contribution < 1.29 is 0 Å². The maximum absolute atomic E-state index is 4.74. The van der Waals surface area contributed by atoms with Crippen LogP contribution < -0.4 is 15.1 Å². The topological polar surface area (TPSA) is 44.3 Å². The van der Waals surface area contributed by atoms with Gasteiger partial charge in [0.25, 0.3) is 0 Å². The molecule has 0 radical (unpaired) electrons. The summed E-state index contributed by atoms with van der Waals surface area (Å²) in [5, 5.41) is 3.76. The fraction of sp³-hybridized carbons (Fsp3) is 0.545. The van der Waals surface area contributed by atoms with E-state index in [1.54, 1.807) is 0 Å². The van der Waals surface area contributed by atoms with Gasteiger partial charge in [-0.1, -0.05) is 0 Å². The molecule has 2 aliphatic rings. The summed E-state index contributed by atoms with van der Waals surface area (Å²) in [6.07, 6.45) is 7.04. The molecule has 0 bridgehead atoms. The molecule has 1 fully saturated rings. The molecule has 0 spiro atoms. The summed E-state index contributed by atoms with van der Waals surface area (Å²) in [4.78, 5) is 14.1. The quantitative estimate of drug-likeness (QED) is 0.892. The van der Waals surface area contributed by atoms with Crippen LogP contribution in [0.5, 0.6) is 0 Å². The molecule has 1 aromatic carbocycles. The minimum atomic E-state index is 0.502. The van der Waals surface area contributed by atoms with Gasteiger partial charge in [0.15, 0.2) is 0 Å². The number of fused-ring (bicyclic) bond motifs is 1. The Morgan fingerprint density at radius 2 is 1.70 bits per heavy atom. The third-order valence-corrected chi connectivity index (χ3v) is 5.86. The summed E-state index contributed by atoms with van der Waals surface area (Å²) in [5.74, 6) is 2.00. The van der Waals surface area contributed by atoms with Crippen molar-refractivity contribution in [1.29, 1.82) is 0 Å². The molecule has 144 valence electrons. The van der Waals surface area contributed by atoms with E-state index in [1.807, 2.05) is 6.92 Å². The maximum Gasteiger partial charge on any atom is 0.133 e. The number of nitrogens with zero attached hydrogens (tertiary/aromatic N) is 4. The van der Waals surface area contributed by atoms with Crippen LogP contribution in [0.4, 0.5) is 17.2 Å². The summed E-state index contributed by atoms with van der Waals surface area (Å²) < 4.78 is 0. The lowest BCUT2D eigenvalue weighted by molar-refractivity contribution is 0.523. The van der Waals surface area contributed by atoms with E-state index in [2.05, 4.69) is 58.5 Å². The largest absolute Gasteiger partial charge is 0.378 e. The number of aryl methyl sites for hydroxylation is 2. The molecular weight excluding hydrogens is 334 g/mol. The van der Waals surface area contributed by atoms with Crippen molar-refractivity contribution in [3.8, 4) is 0 Å². The van der Waals surface area contributed by atoms with Gasteiger partial charge >= 0.3 is 0 Å². The first-order valence-corrected chi connectivity index (χ1v) is 10.3. The molecule has 4 rings (SSSR count). The maximum atomic E-state index is 4.74. The Kier molecular flexibility index (Phi) is 5.19. The molecule has 1 aromatic heterocycles. The second kappa shape index (κ2) is 7.75. The first-order chi connectivity index (χ1) is 13.1. The Balaban J connectivity index is 1.39. The molecule has 2 heterocycles. The van der Waals surface area contributed by atoms with Crippen molar-refractivity contribution in [1.82, 2.24) is 9.97 Å². The van der Waals surface area contributed by atoms with E-state index < -0.39 is 0 Å². The molecule has 0 unspecified atom stereocenters. The number of piperidine rings is 1. The average Bonchev–Trinajstić information content (AvgIpc) is 2.68. The molecule has 5 heteroatoms. The second-order valence-corrected chi connectivity index (χ2v) is 8.07. The highest BCUT2D eigenvalue weighted by Gasteiger charge is 2.23. The number of hydrogen-bond donors (Lipinski definition) is 1. The molecule has 1 aliphatic carbocycles. The van der Waals surface area contributed by atoms with Crippen molar-refractivity contribution >= 4 is 17.2 Å². The van der Waals surface area contributed by atoms with E-state index in [0.717, 1.165) is 50.4 Å². The van der Waals surface area contributed by atoms with Gasteiger partial charge in [-0.3, -0.25) is 0 Å². The number of anilines is 3. The van der Waals surface area contributed by atoms with E-state index in [4.69, 9.17) is 4.98 Å². The smallest absolute Gasteiger partial charge is 0.133 e. The van der Waals surface area contributed by atoms with Gasteiger partial charge in [0.1, 0.15) is 11.6 Å². The molecule has 0 amide bonds. The van der Waals surface area contributed by atoms with Crippen molar-refractivity contribution in [2.24, 2.45) is 0 Å². The summed E-state index contributed by atoms with van der Waals surface area (Å²) in [7, 11) is 4.17. The van der Waals surface area contributed by atoms with Gasteiger partial charge in [-0.2, -0.15) is 0 Å². The van der Waals surface area contributed by atoms with Gasteiger partial charge in [0, 0.05) is 55.9 Å². The van der Waals surface area contributed by atoms with Gasteiger partial charge < -0.3 is 15.1 Å². The van der Waals surface area contributed by atoms with Crippen molar-refractivity contribution in [2.45, 2.75) is 51.5 Å². The molecule has 1 aliphatic heterocycles. The lowest BCUT2D eigenvalue weighted by Crippen LogP contribution is -2.39. The average molecular weight is 366 g/mol. The normalized spacial score (nSPS) is 17.5. The predicted molar refractivity (Wildman–Crippen MR) is 113 cm³/mol. The predicted octanol–water partition coefficient (Wildman–Crippen LogP) is 3.81. The van der Waals surface area contributed by atoms with Crippen LogP contribution in [-0.4, -0.2) is 43.2 Å². The summed E-state index contributed by atoms with van der Waals surface area (Å²) in [6.45, 7) is 4.19. The van der Waals surface area contributed by atoms with Crippen LogP contribution in [0.1, 0.15) is 42.8 Å². The first-order valence-electron chi connectivity index (χ1n) is 10.3. The van der Waals surface area contributed by atoms with Gasteiger partial charge in [-0.25, -0.2) is 9.97 Å². The zero-order valence-electron chi connectivity index (χ0n) is 16.8. The molecule has 1 N–H and O–H groups in total. The number of benzene rings is 1. The van der Waals surface area contributed by atoms with Crippen molar-refractivity contribution in [3.63, 3.8) is 0 Å². The Morgan fingerprint density at radius 1 is 1.00 bits per heavy atom. The summed E-state index contributed by atoms with van der Waals surface area (Å²) >= 11 is 0. The fourth-order valence-corrected chi connectivity index (χ4v) is 4.27. The minimum Gasteiger partial charge on any atom is -0.378 e. The zero-order chi connectivity index (χ0) is 18.8. The number of nitrogens with one attached hydrogen (secondary N) is 1. The standard InChI is InChI=1S/C22H31N5/c1-16-23-21-7-5-4-6-20(21)22(24-16)25-17-12-14-27(15-13-17)19-10-8-18(9-11-19)26(2)3/h8-11,17H,4-7,12-15H2,1-3H3,(H,23,24,25). The lowest BCUT2D eigenvalue weighted by atomic mass is 9.95. The minimum absolute atomic E-state index is 0.502. The Bertz CT molecular complexity index is 776. The number of aromatic nitrogens is 2. The monoisotopic (exact) mass is 365 g/mol. The van der Waals surface area contributed by atoms with Crippen LogP contribution in [-0.2, 0) is 12.8 Å². The van der Waals surface area contributed by atoms with Gasteiger partial charge in [-0.05, 0) is 69.7 Å². The van der Waals surface area contributed by atoms with Crippen LogP contribution in [0, 0.1) is 6.92 Å². The molecule has 2 aromatic rings. The highest BCUT2D eigenvalue weighted by Crippen LogP contribution is 2.28. The Labute approximate surface area is 162 Å².